The Morgan fingerprint density at radius 1 is 1.26 bits per heavy atom. The number of rotatable bonds is 7. The molecule has 0 bridgehead atoms. The fourth-order valence-corrected chi connectivity index (χ4v) is 2.85. The van der Waals surface area contributed by atoms with Gasteiger partial charge in [0.05, 0.1) is 6.61 Å². The van der Waals surface area contributed by atoms with E-state index in [1.54, 1.807) is 0 Å². The Morgan fingerprint density at radius 2 is 1.95 bits per heavy atom. The van der Waals surface area contributed by atoms with Crippen LogP contribution in [0, 0.1) is 17.3 Å². The molecular weight excluding hydrogens is 236 g/mol. The normalized spacial score (nSPS) is 23.2. The van der Waals surface area contributed by atoms with Crippen LogP contribution in [-0.4, -0.2) is 50.8 Å². The minimum absolute atomic E-state index is 0.428. The average Bonchev–Trinajstić information content (AvgIpc) is 2.76. The summed E-state index contributed by atoms with van der Waals surface area (Å²) in [6.07, 6.45) is 1.33. The lowest BCUT2D eigenvalue weighted by Crippen LogP contribution is -2.45. The minimum atomic E-state index is 0.428. The lowest BCUT2D eigenvalue weighted by atomic mass is 9.80. The van der Waals surface area contributed by atoms with Gasteiger partial charge in [0, 0.05) is 26.2 Å². The molecule has 3 nitrogen and oxygen atoms in total. The van der Waals surface area contributed by atoms with Crippen LogP contribution in [0.5, 0.6) is 0 Å². The van der Waals surface area contributed by atoms with Gasteiger partial charge in [0.1, 0.15) is 0 Å². The highest BCUT2D eigenvalue weighted by atomic mass is 16.5. The van der Waals surface area contributed by atoms with Crippen molar-refractivity contribution in [3.8, 4) is 0 Å². The largest absolute Gasteiger partial charge is 0.383 e. The molecule has 19 heavy (non-hydrogen) atoms. The van der Waals surface area contributed by atoms with Crippen molar-refractivity contribution in [3.63, 3.8) is 0 Å². The van der Waals surface area contributed by atoms with Crippen LogP contribution in [0.15, 0.2) is 0 Å². The highest BCUT2D eigenvalue weighted by Crippen LogP contribution is 2.34. The molecule has 0 amide bonds. The number of likely N-dealkylation sites (tertiary alicyclic amines) is 1. The first-order valence-corrected chi connectivity index (χ1v) is 7.78. The Labute approximate surface area is 120 Å². The predicted molar refractivity (Wildman–Crippen MR) is 82.5 cm³/mol. The summed E-state index contributed by atoms with van der Waals surface area (Å²) in [6, 6.07) is 0.524. The van der Waals surface area contributed by atoms with Crippen LogP contribution in [0.3, 0.4) is 0 Å². The third-order valence-corrected chi connectivity index (χ3v) is 4.25. The van der Waals surface area contributed by atoms with E-state index in [0.29, 0.717) is 17.4 Å². The van der Waals surface area contributed by atoms with Gasteiger partial charge in [-0.05, 0) is 36.8 Å². The molecule has 0 saturated carbocycles. The standard InChI is InChI=1S/C16H34N2O/c1-13(2)9-17-10-15(12-19-6)18-8-7-14(11-18)16(3,4)5/h13-15,17H,7-12H2,1-6H3. The van der Waals surface area contributed by atoms with Gasteiger partial charge >= 0.3 is 0 Å². The van der Waals surface area contributed by atoms with Crippen LogP contribution in [0.2, 0.25) is 0 Å². The maximum absolute atomic E-state index is 5.41. The second-order valence-electron chi connectivity index (χ2n) is 7.51. The Balaban J connectivity index is 2.44. The summed E-state index contributed by atoms with van der Waals surface area (Å²) in [6.45, 7) is 17.0. The highest BCUT2D eigenvalue weighted by Gasteiger charge is 2.34. The lowest BCUT2D eigenvalue weighted by Gasteiger charge is -2.31. The van der Waals surface area contributed by atoms with Crippen molar-refractivity contribution in [1.29, 1.82) is 0 Å². The summed E-state index contributed by atoms with van der Waals surface area (Å²) in [5.74, 6) is 1.53. The molecule has 0 aliphatic carbocycles. The topological polar surface area (TPSA) is 24.5 Å². The van der Waals surface area contributed by atoms with Crippen molar-refractivity contribution in [2.75, 3.05) is 39.9 Å². The molecule has 0 aromatic rings. The molecule has 1 rings (SSSR count). The first kappa shape index (κ1) is 16.9. The molecule has 0 aromatic heterocycles. The van der Waals surface area contributed by atoms with Crippen molar-refractivity contribution < 1.29 is 4.74 Å². The summed E-state index contributed by atoms with van der Waals surface area (Å²) in [5.41, 5.74) is 0.428. The molecule has 0 spiro atoms. The van der Waals surface area contributed by atoms with Crippen molar-refractivity contribution in [2.45, 2.75) is 47.1 Å². The van der Waals surface area contributed by atoms with E-state index in [1.807, 2.05) is 7.11 Å². The van der Waals surface area contributed by atoms with Crippen molar-refractivity contribution in [3.05, 3.63) is 0 Å². The van der Waals surface area contributed by atoms with Crippen molar-refractivity contribution >= 4 is 0 Å². The quantitative estimate of drug-likeness (QED) is 0.769. The van der Waals surface area contributed by atoms with Crippen LogP contribution in [-0.2, 0) is 4.74 Å². The molecule has 1 aliphatic rings. The molecular formula is C16H34N2O. The van der Waals surface area contributed by atoms with E-state index in [0.717, 1.165) is 25.6 Å². The highest BCUT2D eigenvalue weighted by molar-refractivity contribution is 4.87. The predicted octanol–water partition coefficient (Wildman–Crippen LogP) is 2.62. The van der Waals surface area contributed by atoms with E-state index in [1.165, 1.54) is 19.5 Å². The molecule has 114 valence electrons. The third-order valence-electron chi connectivity index (χ3n) is 4.25. The van der Waals surface area contributed by atoms with Crippen molar-refractivity contribution in [2.24, 2.45) is 17.3 Å². The van der Waals surface area contributed by atoms with E-state index < -0.39 is 0 Å². The van der Waals surface area contributed by atoms with Crippen LogP contribution in [0.4, 0.5) is 0 Å². The monoisotopic (exact) mass is 270 g/mol. The van der Waals surface area contributed by atoms with E-state index in [4.69, 9.17) is 4.74 Å². The number of nitrogens with one attached hydrogen (secondary N) is 1. The summed E-state index contributed by atoms with van der Waals surface area (Å²) >= 11 is 0. The van der Waals surface area contributed by atoms with Crippen LogP contribution in [0.25, 0.3) is 0 Å². The molecule has 2 atom stereocenters. The van der Waals surface area contributed by atoms with Gasteiger partial charge in [0.2, 0.25) is 0 Å². The van der Waals surface area contributed by atoms with Gasteiger partial charge in [-0.25, -0.2) is 0 Å². The number of ether oxygens (including phenoxy) is 1. The molecule has 0 radical (unpaired) electrons. The van der Waals surface area contributed by atoms with Gasteiger partial charge in [-0.2, -0.15) is 0 Å². The summed E-state index contributed by atoms with van der Waals surface area (Å²) in [7, 11) is 1.81. The van der Waals surface area contributed by atoms with E-state index >= 15 is 0 Å². The summed E-state index contributed by atoms with van der Waals surface area (Å²) < 4.78 is 5.41. The zero-order valence-corrected chi connectivity index (χ0v) is 13.8. The van der Waals surface area contributed by atoms with Crippen molar-refractivity contribution in [1.82, 2.24) is 10.2 Å². The van der Waals surface area contributed by atoms with Gasteiger partial charge < -0.3 is 10.1 Å². The minimum Gasteiger partial charge on any atom is -0.383 e. The van der Waals surface area contributed by atoms with Crippen LogP contribution >= 0.6 is 0 Å². The van der Waals surface area contributed by atoms with Gasteiger partial charge in [0.25, 0.3) is 0 Å². The molecule has 2 unspecified atom stereocenters. The number of nitrogens with zero attached hydrogens (tertiary/aromatic N) is 1. The number of hydrogen-bond donors (Lipinski definition) is 1. The maximum Gasteiger partial charge on any atom is 0.0630 e. The van der Waals surface area contributed by atoms with Gasteiger partial charge in [0.15, 0.2) is 0 Å². The number of methoxy groups -OCH3 is 1. The van der Waals surface area contributed by atoms with E-state index in [2.05, 4.69) is 44.8 Å². The molecule has 0 aromatic carbocycles. The number of hydrogen-bond acceptors (Lipinski definition) is 3. The summed E-state index contributed by atoms with van der Waals surface area (Å²) in [5, 5.41) is 3.58. The summed E-state index contributed by atoms with van der Waals surface area (Å²) in [4.78, 5) is 2.62. The molecule has 1 aliphatic heterocycles. The Bertz CT molecular complexity index is 248. The average molecular weight is 270 g/mol. The van der Waals surface area contributed by atoms with Gasteiger partial charge in [-0.15, -0.1) is 0 Å². The zero-order chi connectivity index (χ0) is 14.5. The third kappa shape index (κ3) is 5.80. The lowest BCUT2D eigenvalue weighted by molar-refractivity contribution is 0.0961. The first-order valence-electron chi connectivity index (χ1n) is 7.78. The molecule has 1 N–H and O–H groups in total. The molecule has 1 saturated heterocycles. The smallest absolute Gasteiger partial charge is 0.0630 e. The fraction of sp³-hybridized carbons (Fsp3) is 1.00. The van der Waals surface area contributed by atoms with Crippen LogP contribution < -0.4 is 5.32 Å². The Hall–Kier alpha value is -0.120. The van der Waals surface area contributed by atoms with Gasteiger partial charge in [-0.3, -0.25) is 4.90 Å². The Morgan fingerprint density at radius 3 is 2.42 bits per heavy atom. The van der Waals surface area contributed by atoms with Gasteiger partial charge in [-0.1, -0.05) is 34.6 Å². The molecule has 1 fully saturated rings. The van der Waals surface area contributed by atoms with E-state index in [-0.39, 0.29) is 0 Å². The molecule has 1 heterocycles. The van der Waals surface area contributed by atoms with Crippen LogP contribution in [0.1, 0.15) is 41.0 Å². The fourth-order valence-electron chi connectivity index (χ4n) is 2.85. The second kappa shape index (κ2) is 7.61. The zero-order valence-electron chi connectivity index (χ0n) is 13.8. The van der Waals surface area contributed by atoms with E-state index in [9.17, 15) is 0 Å². The maximum atomic E-state index is 5.41. The first-order chi connectivity index (χ1) is 8.84. The Kier molecular flexibility index (Phi) is 6.78. The molecule has 3 heteroatoms. The second-order valence-corrected chi connectivity index (χ2v) is 7.51. The SMILES string of the molecule is COCC(CNCC(C)C)N1CCC(C(C)(C)C)C1.